The number of fused-ring (bicyclic) bond motifs is 3. The summed E-state index contributed by atoms with van der Waals surface area (Å²) in [5, 5.41) is 6.56. The number of carbonyl (C=O) groups excluding carboxylic acids is 2. The molecule has 2 aromatic carbocycles. The van der Waals surface area contributed by atoms with Crippen LogP contribution in [0.5, 0.6) is 0 Å². The fraction of sp³-hybridized carbons (Fsp3) is 0.440. The number of halogens is 2. The monoisotopic (exact) mass is 456 g/mol. The van der Waals surface area contributed by atoms with Crippen molar-refractivity contribution in [3.05, 3.63) is 63.9 Å². The van der Waals surface area contributed by atoms with Gasteiger partial charge in [0.2, 0.25) is 5.91 Å². The summed E-state index contributed by atoms with van der Waals surface area (Å²) in [6.45, 7) is 1.96. The topological polar surface area (TPSA) is 67.4 Å². The van der Waals surface area contributed by atoms with Crippen molar-refractivity contribution in [2.75, 3.05) is 12.4 Å². The summed E-state index contributed by atoms with van der Waals surface area (Å²) in [6, 6.07) is 9.75. The normalized spacial score (nSPS) is 28.1. The number of aryl methyl sites for hydroxylation is 1. The standard InChI is InChI=1S/C25H26ClFN2O3/c1-14-9-10-16-18(13-14)28-23(31)25(16)19(15-7-6-8-17(26)20(15)27)21(22(30)32-2)29-24(25)11-4-3-5-12-24/h6-10,13,19,21,29H,3-5,11-12H2,1-2H3,(H,28,31)/t19-,21+,25+/m0/s1. The predicted octanol–water partition coefficient (Wildman–Crippen LogP) is 4.61. The molecular weight excluding hydrogens is 431 g/mol. The highest BCUT2D eigenvalue weighted by Gasteiger charge is 2.72. The number of ether oxygens (including phenoxy) is 1. The lowest BCUT2D eigenvalue weighted by molar-refractivity contribution is -0.143. The van der Waals surface area contributed by atoms with Crippen LogP contribution in [0.1, 0.15) is 54.7 Å². The van der Waals surface area contributed by atoms with Crippen molar-refractivity contribution in [3.63, 3.8) is 0 Å². The molecule has 1 saturated heterocycles. The zero-order chi connectivity index (χ0) is 22.7. The first-order valence-electron chi connectivity index (χ1n) is 11.1. The molecule has 1 saturated carbocycles. The van der Waals surface area contributed by atoms with Crippen LogP contribution < -0.4 is 10.6 Å². The number of hydrogen-bond donors (Lipinski definition) is 2. The van der Waals surface area contributed by atoms with Gasteiger partial charge in [0.15, 0.2) is 0 Å². The van der Waals surface area contributed by atoms with E-state index in [0.717, 1.165) is 36.1 Å². The molecule has 2 spiro atoms. The summed E-state index contributed by atoms with van der Waals surface area (Å²) in [5.41, 5.74) is 0.929. The zero-order valence-electron chi connectivity index (χ0n) is 18.1. The fourth-order valence-corrected chi connectivity index (χ4v) is 6.65. The molecular formula is C25H26ClFN2O3. The largest absolute Gasteiger partial charge is 0.468 e. The highest BCUT2D eigenvalue weighted by Crippen LogP contribution is 2.62. The number of nitrogens with one attached hydrogen (secondary N) is 2. The number of benzene rings is 2. The van der Waals surface area contributed by atoms with E-state index >= 15 is 4.39 Å². The summed E-state index contributed by atoms with van der Waals surface area (Å²) in [7, 11) is 1.32. The first-order valence-corrected chi connectivity index (χ1v) is 11.5. The maximum Gasteiger partial charge on any atom is 0.323 e. The quantitative estimate of drug-likeness (QED) is 0.648. The molecule has 3 atom stereocenters. The second-order valence-electron chi connectivity index (χ2n) is 9.22. The van der Waals surface area contributed by atoms with Gasteiger partial charge in [-0.2, -0.15) is 0 Å². The lowest BCUT2D eigenvalue weighted by Crippen LogP contribution is -2.60. The molecule has 2 heterocycles. The number of hydrogen-bond acceptors (Lipinski definition) is 4. The van der Waals surface area contributed by atoms with Crippen molar-refractivity contribution in [1.82, 2.24) is 5.32 Å². The summed E-state index contributed by atoms with van der Waals surface area (Å²) in [6.07, 6.45) is 4.31. The van der Waals surface area contributed by atoms with Gasteiger partial charge < -0.3 is 10.1 Å². The molecule has 7 heteroatoms. The number of esters is 1. The highest BCUT2D eigenvalue weighted by atomic mass is 35.5. The van der Waals surface area contributed by atoms with Crippen molar-refractivity contribution in [1.29, 1.82) is 0 Å². The molecule has 1 aliphatic carbocycles. The lowest BCUT2D eigenvalue weighted by atomic mass is 9.55. The van der Waals surface area contributed by atoms with Gasteiger partial charge in [0.25, 0.3) is 0 Å². The van der Waals surface area contributed by atoms with E-state index in [-0.39, 0.29) is 16.5 Å². The van der Waals surface area contributed by atoms with Gasteiger partial charge in [-0.05, 0) is 48.6 Å². The molecule has 0 radical (unpaired) electrons. The van der Waals surface area contributed by atoms with Gasteiger partial charge in [-0.3, -0.25) is 14.9 Å². The van der Waals surface area contributed by atoms with Gasteiger partial charge in [0.05, 0.1) is 12.1 Å². The number of amides is 1. The Morgan fingerprint density at radius 3 is 2.66 bits per heavy atom. The van der Waals surface area contributed by atoms with Crippen LogP contribution >= 0.6 is 11.6 Å². The fourth-order valence-electron chi connectivity index (χ4n) is 6.46. The van der Waals surface area contributed by atoms with E-state index < -0.39 is 34.7 Å². The average Bonchev–Trinajstić information content (AvgIpc) is 3.23. The van der Waals surface area contributed by atoms with Crippen molar-refractivity contribution >= 4 is 29.2 Å². The number of rotatable bonds is 2. The first kappa shape index (κ1) is 21.4. The predicted molar refractivity (Wildman–Crippen MR) is 120 cm³/mol. The van der Waals surface area contributed by atoms with Crippen molar-refractivity contribution < 1.29 is 18.7 Å². The van der Waals surface area contributed by atoms with Crippen LogP contribution in [-0.4, -0.2) is 30.6 Å². The van der Waals surface area contributed by atoms with Crippen LogP contribution in [0.3, 0.4) is 0 Å². The molecule has 0 aromatic heterocycles. The average molecular weight is 457 g/mol. The van der Waals surface area contributed by atoms with E-state index in [0.29, 0.717) is 12.8 Å². The molecule has 1 amide bonds. The molecule has 0 unspecified atom stereocenters. The van der Waals surface area contributed by atoms with Gasteiger partial charge in [-0.15, -0.1) is 0 Å². The van der Waals surface area contributed by atoms with E-state index in [1.807, 2.05) is 25.1 Å². The van der Waals surface area contributed by atoms with Gasteiger partial charge in [-0.1, -0.05) is 55.1 Å². The molecule has 2 aromatic rings. The summed E-state index contributed by atoms with van der Waals surface area (Å²) < 4.78 is 20.7. The van der Waals surface area contributed by atoms with Gasteiger partial charge >= 0.3 is 5.97 Å². The Kier molecular flexibility index (Phi) is 5.06. The van der Waals surface area contributed by atoms with Crippen LogP contribution in [-0.2, 0) is 19.7 Å². The van der Waals surface area contributed by atoms with Gasteiger partial charge in [0, 0.05) is 17.1 Å². The van der Waals surface area contributed by atoms with Gasteiger partial charge in [-0.25, -0.2) is 4.39 Å². The van der Waals surface area contributed by atoms with Gasteiger partial charge in [0.1, 0.15) is 17.3 Å². The van der Waals surface area contributed by atoms with E-state index in [1.54, 1.807) is 12.1 Å². The number of anilines is 1. The number of methoxy groups -OCH3 is 1. The minimum Gasteiger partial charge on any atom is -0.468 e. The van der Waals surface area contributed by atoms with Crippen LogP contribution in [0.15, 0.2) is 36.4 Å². The molecule has 2 N–H and O–H groups in total. The molecule has 3 aliphatic rings. The lowest BCUT2D eigenvalue weighted by Gasteiger charge is -2.47. The Balaban J connectivity index is 1.85. The Morgan fingerprint density at radius 2 is 1.94 bits per heavy atom. The Morgan fingerprint density at radius 1 is 1.19 bits per heavy atom. The second-order valence-corrected chi connectivity index (χ2v) is 9.63. The summed E-state index contributed by atoms with van der Waals surface area (Å²) >= 11 is 6.17. The maximum atomic E-state index is 15.5. The zero-order valence-corrected chi connectivity index (χ0v) is 18.9. The van der Waals surface area contributed by atoms with Crippen molar-refractivity contribution in [3.8, 4) is 0 Å². The van der Waals surface area contributed by atoms with Crippen LogP contribution in [0, 0.1) is 12.7 Å². The molecule has 5 rings (SSSR count). The third-order valence-corrected chi connectivity index (χ3v) is 7.96. The minimum atomic E-state index is -1.17. The van der Waals surface area contributed by atoms with Crippen LogP contribution in [0.4, 0.5) is 10.1 Å². The van der Waals surface area contributed by atoms with Crippen LogP contribution in [0.2, 0.25) is 5.02 Å². The first-order chi connectivity index (χ1) is 15.4. The summed E-state index contributed by atoms with van der Waals surface area (Å²) in [4.78, 5) is 27.1. The molecule has 2 fully saturated rings. The number of carbonyl (C=O) groups is 2. The van der Waals surface area contributed by atoms with E-state index in [1.165, 1.54) is 13.2 Å². The molecule has 32 heavy (non-hydrogen) atoms. The van der Waals surface area contributed by atoms with E-state index in [4.69, 9.17) is 16.3 Å². The molecule has 5 nitrogen and oxygen atoms in total. The molecule has 168 valence electrons. The smallest absolute Gasteiger partial charge is 0.323 e. The Hall–Kier alpha value is -2.44. The molecule has 2 aliphatic heterocycles. The minimum absolute atomic E-state index is 0.0339. The highest BCUT2D eigenvalue weighted by molar-refractivity contribution is 6.30. The van der Waals surface area contributed by atoms with E-state index in [2.05, 4.69) is 10.6 Å². The van der Waals surface area contributed by atoms with Crippen molar-refractivity contribution in [2.24, 2.45) is 0 Å². The Bertz CT molecular complexity index is 1110. The summed E-state index contributed by atoms with van der Waals surface area (Å²) in [5.74, 6) is -2.13. The van der Waals surface area contributed by atoms with E-state index in [9.17, 15) is 9.59 Å². The van der Waals surface area contributed by atoms with Crippen LogP contribution in [0.25, 0.3) is 0 Å². The second kappa shape index (κ2) is 7.56. The third-order valence-electron chi connectivity index (χ3n) is 7.67. The maximum absolute atomic E-state index is 15.5. The molecule has 0 bridgehead atoms. The van der Waals surface area contributed by atoms with Crippen molar-refractivity contribution in [2.45, 2.75) is 61.9 Å². The third kappa shape index (κ3) is 2.72. The SMILES string of the molecule is COC(=O)[C@@H]1NC2(CCCCC2)[C@@]2(C(=O)Nc3cc(C)ccc32)[C@H]1c1cccc(Cl)c1F. The Labute approximate surface area is 191 Å².